The molecule has 0 bridgehead atoms. The number of amides is 2. The van der Waals surface area contributed by atoms with Crippen LogP contribution in [0.15, 0.2) is 78.9 Å². The maximum absolute atomic E-state index is 14.2. The first-order valence-electron chi connectivity index (χ1n) is 10.6. The highest BCUT2D eigenvalue weighted by molar-refractivity contribution is 6.18. The van der Waals surface area contributed by atoms with Gasteiger partial charge in [0.15, 0.2) is 5.78 Å². The molecule has 3 aromatic carbocycles. The fourth-order valence-corrected chi connectivity index (χ4v) is 6.06. The molecule has 2 N–H and O–H groups in total. The second-order valence-electron chi connectivity index (χ2n) is 8.76. The molecule has 0 saturated carbocycles. The van der Waals surface area contributed by atoms with Crippen molar-refractivity contribution in [3.05, 3.63) is 95.6 Å². The van der Waals surface area contributed by atoms with E-state index in [-0.39, 0.29) is 24.1 Å². The minimum Gasteiger partial charge on any atom is -0.325 e. The highest BCUT2D eigenvalue weighted by Crippen LogP contribution is 2.60. The Bertz CT molecular complexity index is 1300. The first-order valence-corrected chi connectivity index (χ1v) is 10.6. The van der Waals surface area contributed by atoms with Crippen LogP contribution in [0.25, 0.3) is 0 Å². The molecule has 3 aliphatic heterocycles. The lowest BCUT2D eigenvalue weighted by molar-refractivity contribution is -0.127. The second-order valence-corrected chi connectivity index (χ2v) is 8.76. The first-order chi connectivity index (χ1) is 15.5. The number of rotatable bonds is 2. The van der Waals surface area contributed by atoms with Gasteiger partial charge in [-0.3, -0.25) is 19.3 Å². The number of carbonyl (C=O) groups is 3. The maximum Gasteiger partial charge on any atom is 0.250 e. The van der Waals surface area contributed by atoms with Crippen molar-refractivity contribution in [2.24, 2.45) is 5.92 Å². The van der Waals surface area contributed by atoms with Gasteiger partial charge in [-0.25, -0.2) is 0 Å². The topological polar surface area (TPSA) is 78.5 Å². The molecular formula is C26H21N3O3. The zero-order valence-electron chi connectivity index (χ0n) is 17.5. The van der Waals surface area contributed by atoms with Crippen molar-refractivity contribution >= 4 is 29.0 Å². The number of para-hydroxylation sites is 2. The van der Waals surface area contributed by atoms with Crippen molar-refractivity contribution < 1.29 is 14.4 Å². The number of ketones is 1. The number of nitrogens with one attached hydrogen (secondary N) is 2. The summed E-state index contributed by atoms with van der Waals surface area (Å²) in [6.07, 6.45) is 0. The Labute approximate surface area is 185 Å². The minimum absolute atomic E-state index is 0.214. The zero-order chi connectivity index (χ0) is 22.1. The fraction of sp³-hybridized carbons (Fsp3) is 0.192. The van der Waals surface area contributed by atoms with Crippen LogP contribution in [-0.4, -0.2) is 36.1 Å². The number of nitrogens with zero attached hydrogens (tertiary/aromatic N) is 1. The molecule has 2 amide bonds. The Hall–Kier alpha value is -3.77. The van der Waals surface area contributed by atoms with Crippen molar-refractivity contribution in [2.45, 2.75) is 11.0 Å². The SMILES string of the molecule is CN1CC2(C(=O)Nc3ccccc32)C(C(=O)c2ccccc2)C12C(=O)Nc1ccccc12. The standard InChI is InChI=1S/C26H21N3O3/c1-29-15-25(17-11-5-7-13-19(17)27-23(25)31)22(21(30)16-9-3-2-4-10-16)26(29)18-12-6-8-14-20(18)28-24(26)32/h2-14,22H,15H2,1H3,(H,27,31)(H,28,32). The Balaban J connectivity index is 1.68. The van der Waals surface area contributed by atoms with E-state index in [2.05, 4.69) is 10.6 Å². The molecule has 2 spiro atoms. The number of likely N-dealkylation sites (N-methyl/N-ethyl adjacent to an activating group) is 1. The highest BCUT2D eigenvalue weighted by atomic mass is 16.2. The zero-order valence-corrected chi connectivity index (χ0v) is 17.5. The third-order valence-electron chi connectivity index (χ3n) is 7.31. The number of anilines is 2. The van der Waals surface area contributed by atoms with Gasteiger partial charge >= 0.3 is 0 Å². The van der Waals surface area contributed by atoms with Crippen molar-refractivity contribution in [3.8, 4) is 0 Å². The number of fused-ring (bicyclic) bond motifs is 4. The number of hydrogen-bond donors (Lipinski definition) is 2. The molecule has 0 aliphatic carbocycles. The average molecular weight is 423 g/mol. The molecule has 0 radical (unpaired) electrons. The van der Waals surface area contributed by atoms with Gasteiger partial charge in [-0.1, -0.05) is 66.7 Å². The molecule has 1 fully saturated rings. The Morgan fingerprint density at radius 3 is 2.09 bits per heavy atom. The van der Waals surface area contributed by atoms with Crippen LogP contribution in [0, 0.1) is 5.92 Å². The number of benzene rings is 3. The smallest absolute Gasteiger partial charge is 0.250 e. The van der Waals surface area contributed by atoms with Crippen molar-refractivity contribution in [3.63, 3.8) is 0 Å². The summed E-state index contributed by atoms with van der Waals surface area (Å²) >= 11 is 0. The summed E-state index contributed by atoms with van der Waals surface area (Å²) in [6, 6.07) is 23.9. The molecule has 3 aromatic rings. The van der Waals surface area contributed by atoms with Gasteiger partial charge in [0.2, 0.25) is 11.8 Å². The summed E-state index contributed by atoms with van der Waals surface area (Å²) in [5.41, 5.74) is 0.877. The maximum atomic E-state index is 14.2. The molecule has 3 aliphatic rings. The quantitative estimate of drug-likeness (QED) is 0.621. The van der Waals surface area contributed by atoms with Gasteiger partial charge in [-0.15, -0.1) is 0 Å². The summed E-state index contributed by atoms with van der Waals surface area (Å²) in [5, 5.41) is 5.96. The molecule has 0 aromatic heterocycles. The van der Waals surface area contributed by atoms with Crippen LogP contribution in [0.2, 0.25) is 0 Å². The van der Waals surface area contributed by atoms with E-state index in [4.69, 9.17) is 0 Å². The second kappa shape index (κ2) is 6.37. The largest absolute Gasteiger partial charge is 0.325 e. The fourth-order valence-electron chi connectivity index (χ4n) is 6.06. The summed E-state index contributed by atoms with van der Waals surface area (Å²) in [6.45, 7) is 0.251. The van der Waals surface area contributed by atoms with Gasteiger partial charge in [-0.05, 0) is 24.7 Å². The number of hydrogen-bond acceptors (Lipinski definition) is 4. The van der Waals surface area contributed by atoms with Gasteiger partial charge in [-0.2, -0.15) is 0 Å². The van der Waals surface area contributed by atoms with E-state index in [9.17, 15) is 14.4 Å². The molecule has 32 heavy (non-hydrogen) atoms. The van der Waals surface area contributed by atoms with E-state index in [0.29, 0.717) is 16.9 Å². The highest BCUT2D eigenvalue weighted by Gasteiger charge is 2.73. The van der Waals surface area contributed by atoms with Crippen LogP contribution < -0.4 is 10.6 Å². The van der Waals surface area contributed by atoms with Crippen LogP contribution in [0.4, 0.5) is 11.4 Å². The van der Waals surface area contributed by atoms with Crippen LogP contribution in [0.5, 0.6) is 0 Å². The van der Waals surface area contributed by atoms with E-state index >= 15 is 0 Å². The third kappa shape index (κ3) is 2.10. The summed E-state index contributed by atoms with van der Waals surface area (Å²) in [7, 11) is 1.83. The third-order valence-corrected chi connectivity index (χ3v) is 7.31. The molecule has 3 atom stereocenters. The summed E-state index contributed by atoms with van der Waals surface area (Å²) < 4.78 is 0. The van der Waals surface area contributed by atoms with Crippen molar-refractivity contribution in [2.75, 3.05) is 24.2 Å². The predicted molar refractivity (Wildman–Crippen MR) is 120 cm³/mol. The lowest BCUT2D eigenvalue weighted by atomic mass is 9.62. The molecule has 3 unspecified atom stereocenters. The van der Waals surface area contributed by atoms with Gasteiger partial charge in [0.25, 0.3) is 0 Å². The van der Waals surface area contributed by atoms with Crippen LogP contribution >= 0.6 is 0 Å². The predicted octanol–water partition coefficient (Wildman–Crippen LogP) is 3.17. The van der Waals surface area contributed by atoms with Gasteiger partial charge in [0, 0.05) is 29.0 Å². The lowest BCUT2D eigenvalue weighted by Gasteiger charge is -2.37. The van der Waals surface area contributed by atoms with Crippen molar-refractivity contribution in [1.29, 1.82) is 0 Å². The molecule has 6 rings (SSSR count). The van der Waals surface area contributed by atoms with E-state index < -0.39 is 16.9 Å². The van der Waals surface area contributed by atoms with Crippen LogP contribution in [0.3, 0.4) is 0 Å². The van der Waals surface area contributed by atoms with Gasteiger partial charge in [0.1, 0.15) is 11.0 Å². The van der Waals surface area contributed by atoms with E-state index in [1.165, 1.54) is 0 Å². The van der Waals surface area contributed by atoms with E-state index in [1.54, 1.807) is 24.3 Å². The molecule has 1 saturated heterocycles. The van der Waals surface area contributed by atoms with Crippen molar-refractivity contribution in [1.82, 2.24) is 4.90 Å². The minimum atomic E-state index is -1.29. The Kier molecular flexibility index (Phi) is 3.77. The van der Waals surface area contributed by atoms with Crippen LogP contribution in [-0.2, 0) is 20.5 Å². The normalized spacial score (nSPS) is 28.0. The molecular weight excluding hydrogens is 402 g/mol. The number of likely N-dealkylation sites (tertiary alicyclic amines) is 1. The number of Topliss-reactive ketones (excluding diaryl/α,β-unsaturated/α-hetero) is 1. The van der Waals surface area contributed by atoms with Crippen LogP contribution in [0.1, 0.15) is 21.5 Å². The summed E-state index contributed by atoms with van der Waals surface area (Å²) in [4.78, 5) is 43.5. The number of carbonyl (C=O) groups excluding carboxylic acids is 3. The Morgan fingerprint density at radius 1 is 0.812 bits per heavy atom. The molecule has 6 nitrogen and oxygen atoms in total. The van der Waals surface area contributed by atoms with E-state index in [1.807, 2.05) is 66.5 Å². The van der Waals surface area contributed by atoms with Gasteiger partial charge in [0.05, 0.1) is 5.92 Å². The molecule has 158 valence electrons. The molecule has 6 heteroatoms. The van der Waals surface area contributed by atoms with E-state index in [0.717, 1.165) is 11.1 Å². The monoisotopic (exact) mass is 423 g/mol. The Morgan fingerprint density at radius 2 is 1.38 bits per heavy atom. The molecule has 3 heterocycles. The van der Waals surface area contributed by atoms with Gasteiger partial charge < -0.3 is 10.6 Å². The summed E-state index contributed by atoms with van der Waals surface area (Å²) in [5.74, 6) is -1.67. The first kappa shape index (κ1) is 19.0. The lowest BCUT2D eigenvalue weighted by Crippen LogP contribution is -2.54. The average Bonchev–Trinajstić information content (AvgIpc) is 3.38.